The Morgan fingerprint density at radius 1 is 1.18 bits per heavy atom. The maximum Gasteiger partial charge on any atom is 0.197 e. The molecule has 0 spiro atoms. The van der Waals surface area contributed by atoms with Crippen molar-refractivity contribution in [1.82, 2.24) is 5.32 Å². The van der Waals surface area contributed by atoms with E-state index in [1.807, 2.05) is 30.3 Å². The zero-order chi connectivity index (χ0) is 11.9. The standard InChI is InChI=1S/C12H13ClN2O2/c13-12-14-7-6-11(15-12)17-9-8-16-10-4-2-1-3-5-10/h1-7,12,15H,8-9H2. The summed E-state index contributed by atoms with van der Waals surface area (Å²) in [5.41, 5.74) is -0.454. The van der Waals surface area contributed by atoms with Crippen molar-refractivity contribution in [1.29, 1.82) is 0 Å². The van der Waals surface area contributed by atoms with Gasteiger partial charge in [-0.1, -0.05) is 29.8 Å². The summed E-state index contributed by atoms with van der Waals surface area (Å²) >= 11 is 5.76. The SMILES string of the molecule is ClC1N=CC=C(OCCOc2ccccc2)N1. The van der Waals surface area contributed by atoms with Crippen molar-refractivity contribution in [2.45, 2.75) is 5.62 Å². The normalized spacial score (nSPS) is 18.2. The number of hydrogen-bond acceptors (Lipinski definition) is 4. The second-order valence-electron chi connectivity index (χ2n) is 3.32. The zero-order valence-electron chi connectivity index (χ0n) is 9.17. The lowest BCUT2D eigenvalue weighted by atomic mass is 10.3. The smallest absolute Gasteiger partial charge is 0.197 e. The third-order valence-corrected chi connectivity index (χ3v) is 2.28. The third kappa shape index (κ3) is 4.00. The Hall–Kier alpha value is -1.68. The Labute approximate surface area is 105 Å². The second kappa shape index (κ2) is 6.15. The van der Waals surface area contributed by atoms with Crippen molar-refractivity contribution >= 4 is 17.8 Å². The van der Waals surface area contributed by atoms with Crippen LogP contribution in [0.3, 0.4) is 0 Å². The van der Waals surface area contributed by atoms with Crippen LogP contribution in [0.1, 0.15) is 0 Å². The number of aliphatic imine (C=N–C) groups is 1. The van der Waals surface area contributed by atoms with E-state index in [0.29, 0.717) is 19.1 Å². The molecule has 1 aliphatic rings. The van der Waals surface area contributed by atoms with Gasteiger partial charge >= 0.3 is 0 Å². The number of alkyl halides is 1. The Bertz CT molecular complexity index is 406. The van der Waals surface area contributed by atoms with Gasteiger partial charge in [0.25, 0.3) is 0 Å². The summed E-state index contributed by atoms with van der Waals surface area (Å²) < 4.78 is 10.9. The molecule has 1 aliphatic heterocycles. The first-order valence-electron chi connectivity index (χ1n) is 5.29. The van der Waals surface area contributed by atoms with Crippen molar-refractivity contribution in [3.05, 3.63) is 42.3 Å². The average molecular weight is 253 g/mol. The molecule has 0 aromatic heterocycles. The van der Waals surface area contributed by atoms with Crippen LogP contribution in [-0.2, 0) is 4.74 Å². The summed E-state index contributed by atoms with van der Waals surface area (Å²) in [6.07, 6.45) is 3.34. The van der Waals surface area contributed by atoms with E-state index in [1.54, 1.807) is 12.3 Å². The van der Waals surface area contributed by atoms with Gasteiger partial charge in [-0.3, -0.25) is 4.99 Å². The molecule has 1 aromatic rings. The molecule has 1 aromatic carbocycles. The van der Waals surface area contributed by atoms with Crippen LogP contribution in [-0.4, -0.2) is 25.1 Å². The molecule has 5 heteroatoms. The van der Waals surface area contributed by atoms with E-state index in [1.165, 1.54) is 0 Å². The van der Waals surface area contributed by atoms with Gasteiger partial charge in [-0.2, -0.15) is 0 Å². The molecule has 0 radical (unpaired) electrons. The summed E-state index contributed by atoms with van der Waals surface area (Å²) in [5, 5.41) is 2.87. The number of allylic oxidation sites excluding steroid dienone is 1. The van der Waals surface area contributed by atoms with Gasteiger partial charge in [0.15, 0.2) is 11.5 Å². The highest BCUT2D eigenvalue weighted by Crippen LogP contribution is 2.08. The maximum absolute atomic E-state index is 5.76. The van der Waals surface area contributed by atoms with Crippen molar-refractivity contribution in [3.8, 4) is 5.75 Å². The number of rotatable bonds is 5. The molecular formula is C12H13ClN2O2. The van der Waals surface area contributed by atoms with E-state index in [0.717, 1.165) is 5.75 Å². The summed E-state index contributed by atoms with van der Waals surface area (Å²) in [7, 11) is 0. The molecule has 0 bridgehead atoms. The largest absolute Gasteiger partial charge is 0.490 e. The topological polar surface area (TPSA) is 42.9 Å². The highest BCUT2D eigenvalue weighted by Gasteiger charge is 2.07. The molecule has 0 saturated heterocycles. The predicted octanol–water partition coefficient (Wildman–Crippen LogP) is 2.12. The van der Waals surface area contributed by atoms with Crippen molar-refractivity contribution < 1.29 is 9.47 Å². The van der Waals surface area contributed by atoms with Crippen molar-refractivity contribution in [2.75, 3.05) is 13.2 Å². The summed E-state index contributed by atoms with van der Waals surface area (Å²) in [5.74, 6) is 1.44. The van der Waals surface area contributed by atoms with Gasteiger partial charge < -0.3 is 14.8 Å². The molecule has 1 heterocycles. The molecule has 0 saturated carbocycles. The Morgan fingerprint density at radius 3 is 2.71 bits per heavy atom. The number of ether oxygens (including phenoxy) is 2. The molecule has 17 heavy (non-hydrogen) atoms. The molecule has 1 atom stereocenters. The minimum Gasteiger partial charge on any atom is -0.490 e. The zero-order valence-corrected chi connectivity index (χ0v) is 9.93. The maximum atomic E-state index is 5.76. The molecule has 1 N–H and O–H groups in total. The minimum atomic E-state index is -0.454. The average Bonchev–Trinajstić information content (AvgIpc) is 2.36. The molecule has 0 aliphatic carbocycles. The van der Waals surface area contributed by atoms with Gasteiger partial charge in [0.05, 0.1) is 0 Å². The number of benzene rings is 1. The molecule has 4 nitrogen and oxygen atoms in total. The molecular weight excluding hydrogens is 240 g/mol. The fraction of sp³-hybridized carbons (Fsp3) is 0.250. The van der Waals surface area contributed by atoms with Crippen LogP contribution in [0.25, 0.3) is 0 Å². The third-order valence-electron chi connectivity index (χ3n) is 2.06. The monoisotopic (exact) mass is 252 g/mol. The molecule has 2 rings (SSSR count). The summed E-state index contributed by atoms with van der Waals surface area (Å²) in [6.45, 7) is 0.929. The fourth-order valence-corrected chi connectivity index (χ4v) is 1.48. The number of hydrogen-bond donors (Lipinski definition) is 1. The van der Waals surface area contributed by atoms with Crippen LogP contribution < -0.4 is 10.1 Å². The van der Waals surface area contributed by atoms with Crippen LogP contribution in [0.4, 0.5) is 0 Å². The summed E-state index contributed by atoms with van der Waals surface area (Å²) in [4.78, 5) is 3.90. The number of nitrogens with one attached hydrogen (secondary N) is 1. The van der Waals surface area contributed by atoms with E-state index in [9.17, 15) is 0 Å². The highest BCUT2D eigenvalue weighted by atomic mass is 35.5. The molecule has 90 valence electrons. The lowest BCUT2D eigenvalue weighted by molar-refractivity contribution is 0.141. The van der Waals surface area contributed by atoms with Crippen molar-refractivity contribution in [2.24, 2.45) is 4.99 Å². The van der Waals surface area contributed by atoms with Gasteiger partial charge in [-0.05, 0) is 12.1 Å². The fourth-order valence-electron chi connectivity index (χ4n) is 1.31. The molecule has 0 amide bonds. The first-order chi connectivity index (χ1) is 8.34. The van der Waals surface area contributed by atoms with Gasteiger partial charge in [-0.15, -0.1) is 0 Å². The Kier molecular flexibility index (Phi) is 4.27. The van der Waals surface area contributed by atoms with Crippen LogP contribution in [0.5, 0.6) is 5.75 Å². The van der Waals surface area contributed by atoms with E-state index in [2.05, 4.69) is 10.3 Å². The van der Waals surface area contributed by atoms with Crippen LogP contribution in [0.2, 0.25) is 0 Å². The van der Waals surface area contributed by atoms with Crippen LogP contribution in [0, 0.1) is 0 Å². The predicted molar refractivity (Wildman–Crippen MR) is 67.2 cm³/mol. The quantitative estimate of drug-likeness (QED) is 0.496. The van der Waals surface area contributed by atoms with Crippen LogP contribution in [0.15, 0.2) is 47.3 Å². The van der Waals surface area contributed by atoms with Gasteiger partial charge in [0.2, 0.25) is 0 Å². The first kappa shape index (κ1) is 11.8. The van der Waals surface area contributed by atoms with E-state index < -0.39 is 5.62 Å². The molecule has 1 unspecified atom stereocenters. The second-order valence-corrected chi connectivity index (χ2v) is 3.73. The Balaban J connectivity index is 1.67. The number of halogens is 1. The van der Waals surface area contributed by atoms with Gasteiger partial charge in [-0.25, -0.2) is 0 Å². The lowest BCUT2D eigenvalue weighted by Crippen LogP contribution is -2.26. The Morgan fingerprint density at radius 2 is 1.94 bits per heavy atom. The van der Waals surface area contributed by atoms with Crippen LogP contribution >= 0.6 is 11.6 Å². The van der Waals surface area contributed by atoms with E-state index in [4.69, 9.17) is 21.1 Å². The minimum absolute atomic E-state index is 0.450. The summed E-state index contributed by atoms with van der Waals surface area (Å²) in [6, 6.07) is 9.60. The lowest BCUT2D eigenvalue weighted by Gasteiger charge is -2.16. The van der Waals surface area contributed by atoms with Gasteiger partial charge in [0.1, 0.15) is 19.0 Å². The van der Waals surface area contributed by atoms with E-state index in [-0.39, 0.29) is 0 Å². The molecule has 0 fully saturated rings. The van der Waals surface area contributed by atoms with Crippen molar-refractivity contribution in [3.63, 3.8) is 0 Å². The van der Waals surface area contributed by atoms with E-state index >= 15 is 0 Å². The van der Waals surface area contributed by atoms with Gasteiger partial charge in [0, 0.05) is 12.3 Å². The number of para-hydroxylation sites is 1. The first-order valence-corrected chi connectivity index (χ1v) is 5.73. The number of nitrogens with zero attached hydrogens (tertiary/aromatic N) is 1. The highest BCUT2D eigenvalue weighted by molar-refractivity contribution is 6.20.